The van der Waals surface area contributed by atoms with Crippen molar-refractivity contribution in [3.8, 4) is 11.5 Å². The molecular formula is C32H26N4O6. The molecule has 0 fully saturated rings. The van der Waals surface area contributed by atoms with Crippen molar-refractivity contribution in [3.63, 3.8) is 0 Å². The normalized spacial score (nSPS) is 10.8. The largest absolute Gasteiger partial charge is 0.422 e. The molecule has 4 aromatic rings. The summed E-state index contributed by atoms with van der Waals surface area (Å²) < 4.78 is 10.9. The van der Waals surface area contributed by atoms with Gasteiger partial charge in [-0.15, -0.1) is 0 Å². The maximum atomic E-state index is 12.4. The summed E-state index contributed by atoms with van der Waals surface area (Å²) in [6.07, 6.45) is 2.40. The summed E-state index contributed by atoms with van der Waals surface area (Å²) in [7, 11) is 0. The van der Waals surface area contributed by atoms with Crippen molar-refractivity contribution in [3.05, 3.63) is 131 Å². The zero-order valence-corrected chi connectivity index (χ0v) is 22.3. The fourth-order valence-corrected chi connectivity index (χ4v) is 3.51. The molecule has 0 radical (unpaired) electrons. The highest BCUT2D eigenvalue weighted by Gasteiger charge is 2.12. The summed E-state index contributed by atoms with van der Waals surface area (Å²) in [4.78, 5) is 49.1. The number of hydrazone groups is 2. The smallest absolute Gasteiger partial charge is 0.343 e. The third-order valence-electron chi connectivity index (χ3n) is 5.63. The molecular weight excluding hydrogens is 536 g/mol. The highest BCUT2D eigenvalue weighted by atomic mass is 16.5. The first-order chi connectivity index (χ1) is 20.5. The zero-order valence-electron chi connectivity index (χ0n) is 22.3. The molecule has 0 heterocycles. The van der Waals surface area contributed by atoms with Gasteiger partial charge in [0, 0.05) is 24.0 Å². The highest BCUT2D eigenvalue weighted by Crippen LogP contribution is 2.19. The van der Waals surface area contributed by atoms with E-state index in [-0.39, 0.29) is 24.3 Å². The van der Waals surface area contributed by atoms with Crippen molar-refractivity contribution >= 4 is 36.2 Å². The Balaban J connectivity index is 1.23. The zero-order chi connectivity index (χ0) is 29.6. The number of benzene rings is 4. The van der Waals surface area contributed by atoms with Crippen molar-refractivity contribution in [2.45, 2.75) is 12.8 Å². The van der Waals surface area contributed by atoms with Crippen molar-refractivity contribution < 1.29 is 28.7 Å². The van der Waals surface area contributed by atoms with E-state index in [4.69, 9.17) is 9.47 Å². The fraction of sp³-hybridized carbons (Fsp3) is 0.0625. The quantitative estimate of drug-likeness (QED) is 0.120. The first kappa shape index (κ1) is 29.1. The molecule has 0 saturated heterocycles. The van der Waals surface area contributed by atoms with Gasteiger partial charge in [0.05, 0.1) is 23.6 Å². The lowest BCUT2D eigenvalue weighted by molar-refractivity contribution is -0.126. The SMILES string of the molecule is O=C(CCC(=O)N/N=C/c1ccccc1OC(=O)c1ccccc1)N/N=C\c1ccccc1OC(=O)c1ccccc1. The van der Waals surface area contributed by atoms with Gasteiger partial charge in [-0.3, -0.25) is 9.59 Å². The minimum Gasteiger partial charge on any atom is -0.422 e. The van der Waals surface area contributed by atoms with Crippen LogP contribution >= 0.6 is 0 Å². The first-order valence-electron chi connectivity index (χ1n) is 12.9. The Labute approximate surface area is 241 Å². The maximum Gasteiger partial charge on any atom is 0.343 e. The standard InChI is InChI=1S/C32H26N4O6/c37-29(35-33-21-25-15-7-9-17-27(25)41-31(39)23-11-3-1-4-12-23)19-20-30(38)36-34-22-26-16-8-10-18-28(26)42-32(40)24-13-5-2-6-14-24/h1-18,21-22H,19-20H2,(H,35,37)(H,36,38)/b33-21-,34-22+. The molecule has 0 aliphatic rings. The van der Waals surface area contributed by atoms with Gasteiger partial charge in [-0.1, -0.05) is 60.7 Å². The minimum atomic E-state index is -0.522. The van der Waals surface area contributed by atoms with E-state index < -0.39 is 23.8 Å². The number of nitrogens with one attached hydrogen (secondary N) is 2. The van der Waals surface area contributed by atoms with Crippen LogP contribution in [0.3, 0.4) is 0 Å². The van der Waals surface area contributed by atoms with Crippen LogP contribution in [0, 0.1) is 0 Å². The van der Waals surface area contributed by atoms with Crippen LogP contribution in [0.1, 0.15) is 44.7 Å². The lowest BCUT2D eigenvalue weighted by Crippen LogP contribution is -2.23. The number of hydrogen-bond acceptors (Lipinski definition) is 8. The molecule has 2 amide bonds. The molecule has 10 heteroatoms. The van der Waals surface area contributed by atoms with E-state index in [1.54, 1.807) is 109 Å². The summed E-state index contributed by atoms with van der Waals surface area (Å²) >= 11 is 0. The van der Waals surface area contributed by atoms with E-state index in [1.165, 1.54) is 12.4 Å². The Morgan fingerprint density at radius 2 is 0.881 bits per heavy atom. The lowest BCUT2D eigenvalue weighted by Gasteiger charge is -2.07. The van der Waals surface area contributed by atoms with Gasteiger partial charge in [0.15, 0.2) is 0 Å². The van der Waals surface area contributed by atoms with Crippen molar-refractivity contribution in [1.82, 2.24) is 10.9 Å². The molecule has 0 aliphatic carbocycles. The van der Waals surface area contributed by atoms with E-state index in [0.29, 0.717) is 22.3 Å². The van der Waals surface area contributed by atoms with Crippen molar-refractivity contribution in [1.29, 1.82) is 0 Å². The predicted octanol–water partition coefficient (Wildman–Crippen LogP) is 4.51. The van der Waals surface area contributed by atoms with Crippen molar-refractivity contribution in [2.75, 3.05) is 0 Å². The second-order valence-electron chi connectivity index (χ2n) is 8.67. The highest BCUT2D eigenvalue weighted by molar-refractivity contribution is 5.94. The number of esters is 2. The van der Waals surface area contributed by atoms with Crippen molar-refractivity contribution in [2.24, 2.45) is 10.2 Å². The van der Waals surface area contributed by atoms with Crippen LogP contribution in [-0.2, 0) is 9.59 Å². The van der Waals surface area contributed by atoms with Crippen LogP contribution in [0.5, 0.6) is 11.5 Å². The molecule has 42 heavy (non-hydrogen) atoms. The van der Waals surface area contributed by atoms with Crippen LogP contribution < -0.4 is 20.3 Å². The minimum absolute atomic E-state index is 0.144. The molecule has 10 nitrogen and oxygen atoms in total. The van der Waals surface area contributed by atoms with E-state index in [0.717, 1.165) is 0 Å². The summed E-state index contributed by atoms with van der Waals surface area (Å²) in [5.74, 6) is -1.49. The van der Waals surface area contributed by atoms with Crippen LogP contribution in [0.15, 0.2) is 119 Å². The number of para-hydroxylation sites is 2. The van der Waals surface area contributed by atoms with E-state index in [1.807, 2.05) is 0 Å². The third kappa shape index (κ3) is 8.82. The van der Waals surface area contributed by atoms with Gasteiger partial charge in [0.1, 0.15) is 11.5 Å². The Morgan fingerprint density at radius 3 is 1.29 bits per heavy atom. The Hall–Kier alpha value is -5.90. The first-order valence-corrected chi connectivity index (χ1v) is 12.9. The van der Waals surface area contributed by atoms with Gasteiger partial charge >= 0.3 is 11.9 Å². The molecule has 2 N–H and O–H groups in total. The molecule has 0 aromatic heterocycles. The number of carbonyl (C=O) groups excluding carboxylic acids is 4. The van der Waals surface area contributed by atoms with Gasteiger partial charge in [0.25, 0.3) is 0 Å². The Morgan fingerprint density at radius 1 is 0.524 bits per heavy atom. The van der Waals surface area contributed by atoms with E-state index in [9.17, 15) is 19.2 Å². The number of amides is 2. The predicted molar refractivity (Wildman–Crippen MR) is 156 cm³/mol. The van der Waals surface area contributed by atoms with Gasteiger partial charge < -0.3 is 9.47 Å². The van der Waals surface area contributed by atoms with E-state index in [2.05, 4.69) is 21.1 Å². The monoisotopic (exact) mass is 562 g/mol. The number of nitrogens with zero attached hydrogens (tertiary/aromatic N) is 2. The molecule has 4 rings (SSSR count). The second kappa shape index (κ2) is 15.0. The van der Waals surface area contributed by atoms with Gasteiger partial charge in [-0.2, -0.15) is 10.2 Å². The van der Waals surface area contributed by atoms with Gasteiger partial charge in [-0.05, 0) is 48.5 Å². The van der Waals surface area contributed by atoms with Gasteiger partial charge in [-0.25, -0.2) is 20.4 Å². The fourth-order valence-electron chi connectivity index (χ4n) is 3.51. The number of rotatable bonds is 11. The topological polar surface area (TPSA) is 136 Å². The van der Waals surface area contributed by atoms with Crippen LogP contribution in [-0.4, -0.2) is 36.2 Å². The van der Waals surface area contributed by atoms with Crippen LogP contribution in [0.2, 0.25) is 0 Å². The van der Waals surface area contributed by atoms with Crippen LogP contribution in [0.25, 0.3) is 0 Å². The Bertz CT molecular complexity index is 1480. The average molecular weight is 563 g/mol. The number of carbonyl (C=O) groups is 4. The van der Waals surface area contributed by atoms with E-state index >= 15 is 0 Å². The lowest BCUT2D eigenvalue weighted by atomic mass is 10.2. The molecule has 0 aliphatic heterocycles. The summed E-state index contributed by atoms with van der Waals surface area (Å²) in [5, 5.41) is 7.80. The van der Waals surface area contributed by atoms with Crippen LogP contribution in [0.4, 0.5) is 0 Å². The molecule has 0 saturated carbocycles. The summed E-state index contributed by atoms with van der Waals surface area (Å²) in [6, 6.07) is 30.6. The summed E-state index contributed by atoms with van der Waals surface area (Å²) in [6.45, 7) is 0. The van der Waals surface area contributed by atoms with Gasteiger partial charge in [0.2, 0.25) is 11.8 Å². The number of hydrogen-bond donors (Lipinski definition) is 2. The average Bonchev–Trinajstić information content (AvgIpc) is 3.02. The molecule has 0 bridgehead atoms. The second-order valence-corrected chi connectivity index (χ2v) is 8.67. The number of ether oxygens (including phenoxy) is 2. The molecule has 210 valence electrons. The molecule has 0 unspecified atom stereocenters. The summed E-state index contributed by atoms with van der Waals surface area (Å²) in [5.41, 5.74) is 6.44. The molecule has 0 spiro atoms. The Kier molecular flexibility index (Phi) is 10.4. The maximum absolute atomic E-state index is 12.4. The molecule has 4 aromatic carbocycles. The molecule has 0 atom stereocenters. The third-order valence-corrected chi connectivity index (χ3v) is 5.63.